The van der Waals surface area contributed by atoms with Crippen LogP contribution < -0.4 is 5.32 Å². The van der Waals surface area contributed by atoms with Crippen molar-refractivity contribution >= 4 is 5.97 Å². The van der Waals surface area contributed by atoms with Crippen molar-refractivity contribution in [2.24, 2.45) is 0 Å². The summed E-state index contributed by atoms with van der Waals surface area (Å²) in [7, 11) is 0. The summed E-state index contributed by atoms with van der Waals surface area (Å²) in [6, 6.07) is 0.373. The summed E-state index contributed by atoms with van der Waals surface area (Å²) in [5.74, 6) is -1.16. The minimum atomic E-state index is -1.65. The van der Waals surface area contributed by atoms with Gasteiger partial charge in [-0.25, -0.2) is 4.79 Å². The summed E-state index contributed by atoms with van der Waals surface area (Å²) >= 11 is 0. The second kappa shape index (κ2) is 5.47. The normalized spacial score (nSPS) is 23.1. The molecule has 1 unspecified atom stereocenters. The monoisotopic (exact) mass is 215 g/mol. The van der Waals surface area contributed by atoms with Gasteiger partial charge < -0.3 is 15.5 Å². The van der Waals surface area contributed by atoms with E-state index in [4.69, 9.17) is 5.11 Å². The van der Waals surface area contributed by atoms with Crippen LogP contribution in [-0.2, 0) is 4.79 Å². The van der Waals surface area contributed by atoms with Gasteiger partial charge in [0.05, 0.1) is 0 Å². The maximum Gasteiger partial charge on any atom is 0.336 e. The summed E-state index contributed by atoms with van der Waals surface area (Å²) in [6.45, 7) is 1.46. The summed E-state index contributed by atoms with van der Waals surface area (Å²) in [4.78, 5) is 10.7. The third-order valence-corrected chi connectivity index (χ3v) is 3.05. The van der Waals surface area contributed by atoms with Gasteiger partial charge in [-0.3, -0.25) is 0 Å². The summed E-state index contributed by atoms with van der Waals surface area (Å²) in [5.41, 5.74) is -1.65. The molecule has 15 heavy (non-hydrogen) atoms. The lowest BCUT2D eigenvalue weighted by Gasteiger charge is -2.23. The Morgan fingerprint density at radius 1 is 1.33 bits per heavy atom. The van der Waals surface area contributed by atoms with Gasteiger partial charge >= 0.3 is 5.97 Å². The predicted octanol–water partition coefficient (Wildman–Crippen LogP) is 1.13. The number of carboxylic acids is 1. The zero-order valence-corrected chi connectivity index (χ0v) is 9.33. The lowest BCUT2D eigenvalue weighted by Crippen LogP contribution is -2.47. The molecule has 88 valence electrons. The van der Waals surface area contributed by atoms with Gasteiger partial charge in [-0.1, -0.05) is 25.7 Å². The van der Waals surface area contributed by atoms with Crippen LogP contribution in [-0.4, -0.2) is 34.4 Å². The molecule has 1 aliphatic carbocycles. The van der Waals surface area contributed by atoms with Crippen LogP contribution in [0.3, 0.4) is 0 Å². The van der Waals surface area contributed by atoms with Crippen LogP contribution in [0.15, 0.2) is 0 Å². The van der Waals surface area contributed by atoms with E-state index < -0.39 is 11.6 Å². The van der Waals surface area contributed by atoms with E-state index in [2.05, 4.69) is 5.32 Å². The van der Waals surface area contributed by atoms with E-state index >= 15 is 0 Å². The molecule has 0 aliphatic heterocycles. The molecule has 0 saturated heterocycles. The van der Waals surface area contributed by atoms with Gasteiger partial charge in [-0.05, 0) is 19.8 Å². The van der Waals surface area contributed by atoms with Crippen LogP contribution in [0.1, 0.15) is 45.4 Å². The quantitative estimate of drug-likeness (QED) is 0.615. The summed E-state index contributed by atoms with van der Waals surface area (Å²) < 4.78 is 0. The first-order chi connectivity index (χ1) is 7.02. The molecule has 0 aromatic carbocycles. The topological polar surface area (TPSA) is 69.6 Å². The Labute approximate surface area is 90.7 Å². The lowest BCUT2D eigenvalue weighted by molar-refractivity contribution is -0.156. The second-order valence-electron chi connectivity index (χ2n) is 4.65. The zero-order valence-electron chi connectivity index (χ0n) is 9.33. The van der Waals surface area contributed by atoms with E-state index in [0.717, 1.165) is 12.8 Å². The van der Waals surface area contributed by atoms with E-state index in [1.165, 1.54) is 32.6 Å². The van der Waals surface area contributed by atoms with Crippen LogP contribution in [0.2, 0.25) is 0 Å². The standard InChI is InChI=1S/C11H21NO3/c1-11(15,10(13)14)8-12-9-6-4-2-3-5-7-9/h9,12,15H,2-8H2,1H3,(H,13,14). The molecule has 1 rings (SSSR count). The molecule has 4 nitrogen and oxygen atoms in total. The molecule has 0 radical (unpaired) electrons. The SMILES string of the molecule is CC(O)(CNC1CCCCCC1)C(=O)O. The van der Waals surface area contributed by atoms with E-state index in [9.17, 15) is 9.90 Å². The number of hydrogen-bond donors (Lipinski definition) is 3. The van der Waals surface area contributed by atoms with Crippen LogP contribution in [0.4, 0.5) is 0 Å². The minimum Gasteiger partial charge on any atom is -0.479 e. The fourth-order valence-electron chi connectivity index (χ4n) is 1.90. The van der Waals surface area contributed by atoms with Crippen molar-refractivity contribution in [3.63, 3.8) is 0 Å². The van der Waals surface area contributed by atoms with E-state index in [1.807, 2.05) is 0 Å². The van der Waals surface area contributed by atoms with Crippen molar-refractivity contribution in [1.29, 1.82) is 0 Å². The van der Waals surface area contributed by atoms with Crippen molar-refractivity contribution < 1.29 is 15.0 Å². The van der Waals surface area contributed by atoms with E-state index in [1.54, 1.807) is 0 Å². The number of aliphatic carboxylic acids is 1. The van der Waals surface area contributed by atoms with E-state index in [0.29, 0.717) is 6.04 Å². The number of hydrogen-bond acceptors (Lipinski definition) is 3. The summed E-state index contributed by atoms with van der Waals surface area (Å²) in [6.07, 6.45) is 7.13. The average Bonchev–Trinajstić information content (AvgIpc) is 2.42. The minimum absolute atomic E-state index is 0.132. The molecule has 1 atom stereocenters. The predicted molar refractivity (Wildman–Crippen MR) is 57.8 cm³/mol. The second-order valence-corrected chi connectivity index (χ2v) is 4.65. The van der Waals surface area contributed by atoms with Gasteiger partial charge in [0.2, 0.25) is 0 Å². The Morgan fingerprint density at radius 2 is 1.87 bits per heavy atom. The van der Waals surface area contributed by atoms with E-state index in [-0.39, 0.29) is 6.54 Å². The maximum absolute atomic E-state index is 10.7. The van der Waals surface area contributed by atoms with Crippen LogP contribution in [0, 0.1) is 0 Å². The Morgan fingerprint density at radius 3 is 2.33 bits per heavy atom. The highest BCUT2D eigenvalue weighted by molar-refractivity contribution is 5.76. The first kappa shape index (κ1) is 12.5. The molecule has 4 heteroatoms. The van der Waals surface area contributed by atoms with Crippen LogP contribution in [0.5, 0.6) is 0 Å². The molecular weight excluding hydrogens is 194 g/mol. The maximum atomic E-state index is 10.7. The van der Waals surface area contributed by atoms with Gasteiger partial charge in [0.25, 0.3) is 0 Å². The molecule has 1 saturated carbocycles. The van der Waals surface area contributed by atoms with Gasteiger partial charge in [0.1, 0.15) is 0 Å². The van der Waals surface area contributed by atoms with Crippen molar-refractivity contribution in [3.05, 3.63) is 0 Å². The van der Waals surface area contributed by atoms with Crippen LogP contribution >= 0.6 is 0 Å². The molecule has 0 aromatic heterocycles. The first-order valence-corrected chi connectivity index (χ1v) is 5.71. The lowest BCUT2D eigenvalue weighted by atomic mass is 10.0. The van der Waals surface area contributed by atoms with Crippen molar-refractivity contribution in [3.8, 4) is 0 Å². The molecule has 0 amide bonds. The Balaban J connectivity index is 2.31. The highest BCUT2D eigenvalue weighted by Gasteiger charge is 2.30. The average molecular weight is 215 g/mol. The third kappa shape index (κ3) is 4.18. The third-order valence-electron chi connectivity index (χ3n) is 3.05. The molecule has 1 aliphatic rings. The highest BCUT2D eigenvalue weighted by atomic mass is 16.4. The van der Waals surface area contributed by atoms with Crippen molar-refractivity contribution in [2.75, 3.05) is 6.54 Å². The fraction of sp³-hybridized carbons (Fsp3) is 0.909. The molecule has 0 spiro atoms. The molecular formula is C11H21NO3. The first-order valence-electron chi connectivity index (χ1n) is 5.71. The van der Waals surface area contributed by atoms with Crippen molar-refractivity contribution in [2.45, 2.75) is 57.1 Å². The van der Waals surface area contributed by atoms with Gasteiger partial charge in [0.15, 0.2) is 5.60 Å². The van der Waals surface area contributed by atoms with Gasteiger partial charge in [0, 0.05) is 12.6 Å². The van der Waals surface area contributed by atoms with Gasteiger partial charge in [-0.15, -0.1) is 0 Å². The number of rotatable bonds is 4. The Hall–Kier alpha value is -0.610. The smallest absolute Gasteiger partial charge is 0.336 e. The van der Waals surface area contributed by atoms with Gasteiger partial charge in [-0.2, -0.15) is 0 Å². The Bertz CT molecular complexity index is 208. The molecule has 1 fully saturated rings. The number of carbonyl (C=O) groups is 1. The Kier molecular flexibility index (Phi) is 4.54. The molecule has 0 bridgehead atoms. The molecule has 0 heterocycles. The largest absolute Gasteiger partial charge is 0.479 e. The fourth-order valence-corrected chi connectivity index (χ4v) is 1.90. The molecule has 0 aromatic rings. The zero-order chi connectivity index (χ0) is 11.3. The number of aliphatic hydroxyl groups is 1. The van der Waals surface area contributed by atoms with Crippen LogP contribution in [0.25, 0.3) is 0 Å². The molecule has 3 N–H and O–H groups in total. The number of nitrogens with one attached hydrogen (secondary N) is 1. The highest BCUT2D eigenvalue weighted by Crippen LogP contribution is 2.17. The summed E-state index contributed by atoms with van der Waals surface area (Å²) in [5, 5.41) is 21.4. The van der Waals surface area contributed by atoms with Crippen molar-refractivity contribution in [1.82, 2.24) is 5.32 Å². The number of carboxylic acid groups (broad SMARTS) is 1.